The molecular weight excluding hydrogens is 466 g/mol. The number of aliphatic hydroxyl groups excluding tert-OH is 1. The first-order valence-corrected chi connectivity index (χ1v) is 12.0. The van der Waals surface area contributed by atoms with Crippen molar-refractivity contribution in [3.63, 3.8) is 0 Å². The zero-order valence-electron chi connectivity index (χ0n) is 19.2. The Morgan fingerprint density at radius 2 is 1.74 bits per heavy atom. The van der Waals surface area contributed by atoms with Crippen LogP contribution in [0.3, 0.4) is 0 Å². The van der Waals surface area contributed by atoms with Crippen molar-refractivity contribution in [2.45, 2.75) is 31.6 Å². The predicted molar refractivity (Wildman–Crippen MR) is 123 cm³/mol. The van der Waals surface area contributed by atoms with Crippen LogP contribution < -0.4 is 0 Å². The number of rotatable bonds is 11. The van der Waals surface area contributed by atoms with Crippen molar-refractivity contribution in [2.75, 3.05) is 33.4 Å². The maximum Gasteiger partial charge on any atom is 0.295 e. The number of carbonyl (C=O) groups is 2. The van der Waals surface area contributed by atoms with Crippen LogP contribution in [-0.4, -0.2) is 78.3 Å². The first kappa shape index (κ1) is 27.3. The molecule has 0 aliphatic rings. The number of carbonyl (C=O) groups excluding carboxylic acids is 2. The van der Waals surface area contributed by atoms with Gasteiger partial charge in [0.15, 0.2) is 5.78 Å². The lowest BCUT2D eigenvalue weighted by molar-refractivity contribution is -0.131. The second kappa shape index (κ2) is 11.4. The Bertz CT molecular complexity index is 1180. The summed E-state index contributed by atoms with van der Waals surface area (Å²) in [6, 6.07) is 4.76. The highest BCUT2D eigenvalue weighted by Gasteiger charge is 2.29. The zero-order valence-corrected chi connectivity index (χ0v) is 20.1. The van der Waals surface area contributed by atoms with Crippen molar-refractivity contribution < 1.29 is 42.6 Å². The average molecular weight is 496 g/mol. The normalized spacial score (nSPS) is 11.4. The second-order valence-corrected chi connectivity index (χ2v) is 9.07. The number of aliphatic hydroxyl groups is 1. The van der Waals surface area contributed by atoms with E-state index in [1.165, 1.54) is 24.1 Å². The highest BCUT2D eigenvalue weighted by Crippen LogP contribution is 2.36. The molecule has 0 aliphatic heterocycles. The van der Waals surface area contributed by atoms with Crippen LogP contribution in [0.5, 0.6) is 11.5 Å². The summed E-state index contributed by atoms with van der Waals surface area (Å²) in [4.78, 5) is 27.2. The van der Waals surface area contributed by atoms with Crippen molar-refractivity contribution >= 4 is 21.8 Å². The van der Waals surface area contributed by atoms with Crippen LogP contribution in [0.1, 0.15) is 39.5 Å². The van der Waals surface area contributed by atoms with Crippen LogP contribution in [0.25, 0.3) is 0 Å². The van der Waals surface area contributed by atoms with E-state index < -0.39 is 44.4 Å². The fraction of sp³-hybridized carbons (Fsp3) is 0.391. The third kappa shape index (κ3) is 6.11. The average Bonchev–Trinajstić information content (AvgIpc) is 2.75. The van der Waals surface area contributed by atoms with Crippen LogP contribution in [0.2, 0.25) is 0 Å². The number of hydrogen-bond acceptors (Lipinski definition) is 8. The Kier molecular flexibility index (Phi) is 9.16. The largest absolute Gasteiger partial charge is 0.508 e. The Hall–Kier alpha value is -2.99. The van der Waals surface area contributed by atoms with Gasteiger partial charge in [-0.3, -0.25) is 14.1 Å². The molecule has 2 aromatic carbocycles. The molecule has 0 unspecified atom stereocenters. The molecule has 0 spiro atoms. The van der Waals surface area contributed by atoms with Gasteiger partial charge in [-0.2, -0.15) is 8.42 Å². The Balaban J connectivity index is 2.69. The fourth-order valence-electron chi connectivity index (χ4n) is 3.70. The molecule has 4 N–H and O–H groups in total. The molecular formula is C23H29NO9S. The molecule has 2 rings (SSSR count). The molecule has 34 heavy (non-hydrogen) atoms. The third-order valence-corrected chi connectivity index (χ3v) is 6.25. The minimum absolute atomic E-state index is 0.00257. The van der Waals surface area contributed by atoms with Crippen LogP contribution in [0.4, 0.5) is 0 Å². The van der Waals surface area contributed by atoms with Gasteiger partial charge in [-0.05, 0) is 42.2 Å². The number of phenolic OH excluding ortho intramolecular Hbond substituents is 2. The second-order valence-electron chi connectivity index (χ2n) is 7.68. The Morgan fingerprint density at radius 1 is 1.06 bits per heavy atom. The fourth-order valence-corrected chi connectivity index (χ4v) is 4.48. The standard InChI is InChI=1S/C23H29NO9S/c1-4-15-17(12-21(28)24(7-9-25)8-10-33-3)22(19(27)13-18(15)26)23(29)16-6-5-14(2)11-20(16)34(30,31)32/h5-6,11,13,25-27H,4,7-10,12H2,1-3H3,(H,30,31,32). The number of nitrogens with zero attached hydrogens (tertiary/aromatic N) is 1. The van der Waals surface area contributed by atoms with E-state index in [9.17, 15) is 37.9 Å². The maximum absolute atomic E-state index is 13.5. The number of benzene rings is 2. The number of methoxy groups -OCH3 is 1. The van der Waals surface area contributed by atoms with Crippen LogP contribution in [0.15, 0.2) is 29.2 Å². The van der Waals surface area contributed by atoms with E-state index in [0.717, 1.165) is 12.1 Å². The summed E-state index contributed by atoms with van der Waals surface area (Å²) in [7, 11) is -3.33. The summed E-state index contributed by atoms with van der Waals surface area (Å²) < 4.78 is 38.5. The van der Waals surface area contributed by atoms with Crippen LogP contribution >= 0.6 is 0 Å². The quantitative estimate of drug-likeness (QED) is 0.267. The number of aromatic hydroxyl groups is 2. The third-order valence-electron chi connectivity index (χ3n) is 5.36. The van der Waals surface area contributed by atoms with E-state index in [-0.39, 0.29) is 55.2 Å². The van der Waals surface area contributed by atoms with Crippen molar-refractivity contribution in [3.05, 3.63) is 52.1 Å². The molecule has 0 heterocycles. The number of amides is 1. The van der Waals surface area contributed by atoms with Gasteiger partial charge in [0.25, 0.3) is 10.1 Å². The highest BCUT2D eigenvalue weighted by molar-refractivity contribution is 7.86. The van der Waals surface area contributed by atoms with E-state index in [4.69, 9.17) is 4.74 Å². The number of aryl methyl sites for hydroxylation is 1. The molecule has 0 saturated heterocycles. The molecule has 186 valence electrons. The molecule has 0 bridgehead atoms. The number of hydrogen-bond donors (Lipinski definition) is 4. The number of ketones is 1. The summed E-state index contributed by atoms with van der Waals surface area (Å²) in [6.07, 6.45) is -0.213. The lowest BCUT2D eigenvalue weighted by Crippen LogP contribution is -2.37. The molecule has 0 fully saturated rings. The molecule has 0 aromatic heterocycles. The molecule has 11 heteroatoms. The lowest BCUT2D eigenvalue weighted by atomic mass is 9.89. The first-order chi connectivity index (χ1) is 16.0. The van der Waals surface area contributed by atoms with Gasteiger partial charge >= 0.3 is 0 Å². The van der Waals surface area contributed by atoms with E-state index in [0.29, 0.717) is 5.56 Å². The minimum atomic E-state index is -4.78. The summed E-state index contributed by atoms with van der Waals surface area (Å²) in [5.41, 5.74) is -0.0200. The van der Waals surface area contributed by atoms with E-state index in [1.54, 1.807) is 13.8 Å². The monoisotopic (exact) mass is 495 g/mol. The molecule has 0 radical (unpaired) electrons. The van der Waals surface area contributed by atoms with Crippen molar-refractivity contribution in [3.8, 4) is 11.5 Å². The Morgan fingerprint density at radius 3 is 2.29 bits per heavy atom. The first-order valence-electron chi connectivity index (χ1n) is 10.5. The SMILES string of the molecule is CCc1c(O)cc(O)c(C(=O)c2ccc(C)cc2S(=O)(=O)O)c1CC(=O)N(CCO)CCOC. The summed E-state index contributed by atoms with van der Waals surface area (Å²) in [6.45, 7) is 3.31. The molecule has 10 nitrogen and oxygen atoms in total. The predicted octanol–water partition coefficient (Wildman–Crippen LogP) is 1.46. The smallest absolute Gasteiger partial charge is 0.295 e. The van der Waals surface area contributed by atoms with Crippen molar-refractivity contribution in [1.82, 2.24) is 4.90 Å². The molecule has 2 aromatic rings. The van der Waals surface area contributed by atoms with Gasteiger partial charge in [-0.15, -0.1) is 0 Å². The molecule has 1 amide bonds. The zero-order chi connectivity index (χ0) is 25.6. The van der Waals surface area contributed by atoms with Gasteiger partial charge in [0.1, 0.15) is 16.4 Å². The summed E-state index contributed by atoms with van der Waals surface area (Å²) >= 11 is 0. The molecule has 0 atom stereocenters. The van der Waals surface area contributed by atoms with E-state index >= 15 is 0 Å². The van der Waals surface area contributed by atoms with E-state index in [2.05, 4.69) is 0 Å². The topological polar surface area (TPSA) is 162 Å². The van der Waals surface area contributed by atoms with Crippen LogP contribution in [0, 0.1) is 6.92 Å². The minimum Gasteiger partial charge on any atom is -0.508 e. The maximum atomic E-state index is 13.5. The van der Waals surface area contributed by atoms with Gasteiger partial charge in [0.05, 0.1) is 25.2 Å². The summed E-state index contributed by atoms with van der Waals surface area (Å²) in [5, 5.41) is 30.3. The van der Waals surface area contributed by atoms with Crippen molar-refractivity contribution in [1.29, 1.82) is 0 Å². The Labute approximate surface area is 198 Å². The van der Waals surface area contributed by atoms with Gasteiger partial charge < -0.3 is 25.0 Å². The van der Waals surface area contributed by atoms with Gasteiger partial charge in [-0.25, -0.2) is 0 Å². The van der Waals surface area contributed by atoms with Crippen LogP contribution in [-0.2, 0) is 32.5 Å². The highest BCUT2D eigenvalue weighted by atomic mass is 32.2. The number of phenols is 2. The lowest BCUT2D eigenvalue weighted by Gasteiger charge is -2.23. The van der Waals surface area contributed by atoms with E-state index in [1.807, 2.05) is 0 Å². The molecule has 0 saturated carbocycles. The van der Waals surface area contributed by atoms with Gasteiger partial charge in [0, 0.05) is 31.8 Å². The van der Waals surface area contributed by atoms with Gasteiger partial charge in [0.2, 0.25) is 5.91 Å². The number of ether oxygens (including phenoxy) is 1. The summed E-state index contributed by atoms with van der Waals surface area (Å²) in [5.74, 6) is -2.41. The van der Waals surface area contributed by atoms with Gasteiger partial charge in [-0.1, -0.05) is 13.0 Å². The molecule has 0 aliphatic carbocycles. The van der Waals surface area contributed by atoms with Crippen molar-refractivity contribution in [2.24, 2.45) is 0 Å².